The van der Waals surface area contributed by atoms with Gasteiger partial charge in [0.25, 0.3) is 0 Å². The molecule has 1 saturated heterocycles. The largest absolute Gasteiger partial charge is 0.491 e. The summed E-state index contributed by atoms with van der Waals surface area (Å²) in [5.41, 5.74) is 0.817. The van der Waals surface area contributed by atoms with Crippen LogP contribution in [0.1, 0.15) is 62.7 Å². The number of rotatable bonds is 3. The number of fused-ring (bicyclic) bond motifs is 1. The minimum atomic E-state index is -0.413. The van der Waals surface area contributed by atoms with E-state index in [-0.39, 0.29) is 17.9 Å². The third-order valence-electron chi connectivity index (χ3n) is 7.25. The highest BCUT2D eigenvalue weighted by Gasteiger charge is 2.42. The fourth-order valence-corrected chi connectivity index (χ4v) is 5.17. The SMILES string of the molecule is Cc1nc(C)n(CCC(=O)N2CCC3(CCCCc4ccccc4OC[C@H](C)NC3=O)CC2)n1. The fraction of sp³-hybridized carbons (Fsp3) is 0.615. The highest BCUT2D eigenvalue weighted by molar-refractivity contribution is 5.83. The normalized spacial score (nSPS) is 21.1. The second-order valence-electron chi connectivity index (χ2n) is 9.84. The maximum absolute atomic E-state index is 13.4. The maximum atomic E-state index is 13.4. The van der Waals surface area contributed by atoms with Crippen LogP contribution >= 0.6 is 0 Å². The van der Waals surface area contributed by atoms with Crippen molar-refractivity contribution < 1.29 is 14.3 Å². The molecule has 8 heteroatoms. The van der Waals surface area contributed by atoms with Gasteiger partial charge in [0.15, 0.2) is 0 Å². The van der Waals surface area contributed by atoms with E-state index in [0.29, 0.717) is 45.5 Å². The Labute approximate surface area is 202 Å². The Balaban J connectivity index is 1.37. The number of benzene rings is 1. The molecule has 3 heterocycles. The van der Waals surface area contributed by atoms with Crippen molar-refractivity contribution in [3.05, 3.63) is 41.5 Å². The van der Waals surface area contributed by atoms with Crippen LogP contribution in [-0.2, 0) is 22.6 Å². The summed E-state index contributed by atoms with van der Waals surface area (Å²) in [4.78, 5) is 32.5. The first-order chi connectivity index (χ1) is 16.4. The Hall–Kier alpha value is -2.90. The molecule has 0 unspecified atom stereocenters. The number of hydrogen-bond acceptors (Lipinski definition) is 5. The zero-order valence-electron chi connectivity index (χ0n) is 20.7. The molecule has 1 aromatic carbocycles. The number of carbonyl (C=O) groups excluding carboxylic acids is 2. The average Bonchev–Trinajstić information content (AvgIpc) is 3.15. The number of nitrogens with one attached hydrogen (secondary N) is 1. The molecule has 1 aromatic heterocycles. The van der Waals surface area contributed by atoms with Gasteiger partial charge in [-0.05, 0) is 64.5 Å². The van der Waals surface area contributed by atoms with Crippen LogP contribution in [0.15, 0.2) is 24.3 Å². The van der Waals surface area contributed by atoms with Crippen LogP contribution in [0, 0.1) is 19.3 Å². The van der Waals surface area contributed by atoms with Crippen molar-refractivity contribution in [1.82, 2.24) is 25.0 Å². The van der Waals surface area contributed by atoms with Crippen molar-refractivity contribution in [3.63, 3.8) is 0 Å². The minimum Gasteiger partial charge on any atom is -0.491 e. The van der Waals surface area contributed by atoms with E-state index in [2.05, 4.69) is 27.5 Å². The standard InChI is InChI=1S/C26H37N5O3/c1-19-18-34-23-10-5-4-8-22(23)9-6-7-12-26(25(33)27-19)13-16-30(17-14-26)24(32)11-15-31-21(3)28-20(2)29-31/h4-5,8,10,19H,6-7,9,11-18H2,1-3H3,(H,27,33)/t19-/m0/s1. The molecule has 2 aliphatic rings. The Kier molecular flexibility index (Phi) is 7.54. The van der Waals surface area contributed by atoms with Gasteiger partial charge in [0.1, 0.15) is 24.0 Å². The van der Waals surface area contributed by atoms with Crippen molar-refractivity contribution in [3.8, 4) is 5.75 Å². The van der Waals surface area contributed by atoms with Crippen LogP contribution in [0.4, 0.5) is 0 Å². The van der Waals surface area contributed by atoms with Crippen molar-refractivity contribution in [2.75, 3.05) is 19.7 Å². The molecule has 0 bridgehead atoms. The number of aromatic nitrogens is 3. The van der Waals surface area contributed by atoms with Crippen molar-refractivity contribution >= 4 is 11.8 Å². The fourth-order valence-electron chi connectivity index (χ4n) is 5.17. The molecule has 1 N–H and O–H groups in total. The van der Waals surface area contributed by atoms with E-state index in [1.807, 2.05) is 37.8 Å². The molecule has 2 aromatic rings. The quantitative estimate of drug-likeness (QED) is 0.749. The van der Waals surface area contributed by atoms with Crippen molar-refractivity contribution in [2.24, 2.45) is 5.41 Å². The summed E-state index contributed by atoms with van der Waals surface area (Å²) in [6.07, 6.45) is 5.62. The van der Waals surface area contributed by atoms with Gasteiger partial charge in [0.05, 0.1) is 18.0 Å². The molecule has 0 saturated carbocycles. The number of amides is 2. The maximum Gasteiger partial charge on any atom is 0.226 e. The lowest BCUT2D eigenvalue weighted by Crippen LogP contribution is -2.52. The highest BCUT2D eigenvalue weighted by atomic mass is 16.5. The lowest BCUT2D eigenvalue weighted by molar-refractivity contribution is -0.141. The molecule has 8 nitrogen and oxygen atoms in total. The Morgan fingerprint density at radius 2 is 1.94 bits per heavy atom. The van der Waals surface area contributed by atoms with E-state index < -0.39 is 5.41 Å². The second kappa shape index (κ2) is 10.6. The monoisotopic (exact) mass is 467 g/mol. The molecule has 34 heavy (non-hydrogen) atoms. The Bertz CT molecular complexity index is 1010. The average molecular weight is 468 g/mol. The molecule has 1 atom stereocenters. The van der Waals surface area contributed by atoms with Gasteiger partial charge >= 0.3 is 0 Å². The molecule has 0 aliphatic carbocycles. The molecule has 2 aliphatic heterocycles. The van der Waals surface area contributed by atoms with Gasteiger partial charge in [-0.1, -0.05) is 24.6 Å². The molecular formula is C26H37N5O3. The molecule has 2 amide bonds. The Morgan fingerprint density at radius 3 is 2.68 bits per heavy atom. The van der Waals surface area contributed by atoms with Crippen LogP contribution in [0.3, 0.4) is 0 Å². The van der Waals surface area contributed by atoms with Gasteiger partial charge in [-0.2, -0.15) is 5.10 Å². The molecule has 0 radical (unpaired) electrons. The van der Waals surface area contributed by atoms with Crippen molar-refractivity contribution in [2.45, 2.75) is 78.3 Å². The van der Waals surface area contributed by atoms with Crippen molar-refractivity contribution in [1.29, 1.82) is 0 Å². The number of ether oxygens (including phenoxy) is 1. The highest BCUT2D eigenvalue weighted by Crippen LogP contribution is 2.38. The molecule has 1 fully saturated rings. The molecular weight excluding hydrogens is 430 g/mol. The first-order valence-electron chi connectivity index (χ1n) is 12.5. The van der Waals surface area contributed by atoms with Crippen LogP contribution in [0.2, 0.25) is 0 Å². The van der Waals surface area contributed by atoms with Gasteiger partial charge in [-0.25, -0.2) is 9.67 Å². The molecule has 1 spiro atoms. The minimum absolute atomic E-state index is 0.0779. The number of aryl methyl sites for hydroxylation is 4. The van der Waals surface area contributed by atoms with E-state index in [9.17, 15) is 9.59 Å². The van der Waals surface area contributed by atoms with Crippen LogP contribution in [0.5, 0.6) is 5.75 Å². The van der Waals surface area contributed by atoms with Gasteiger partial charge in [-0.15, -0.1) is 0 Å². The number of hydrogen-bond donors (Lipinski definition) is 1. The smallest absolute Gasteiger partial charge is 0.226 e. The number of nitrogens with zero attached hydrogens (tertiary/aromatic N) is 4. The summed E-state index contributed by atoms with van der Waals surface area (Å²) in [7, 11) is 0. The summed E-state index contributed by atoms with van der Waals surface area (Å²) in [6.45, 7) is 7.98. The zero-order chi connectivity index (χ0) is 24.1. The third kappa shape index (κ3) is 5.59. The van der Waals surface area contributed by atoms with Gasteiger partial charge in [-0.3, -0.25) is 9.59 Å². The lowest BCUT2D eigenvalue weighted by atomic mass is 9.73. The predicted octanol–water partition coefficient (Wildman–Crippen LogP) is 3.20. The zero-order valence-corrected chi connectivity index (χ0v) is 20.7. The summed E-state index contributed by atoms with van der Waals surface area (Å²) in [5, 5.41) is 7.55. The third-order valence-corrected chi connectivity index (χ3v) is 7.25. The first kappa shape index (κ1) is 24.2. The summed E-state index contributed by atoms with van der Waals surface area (Å²) >= 11 is 0. The Morgan fingerprint density at radius 1 is 1.18 bits per heavy atom. The van der Waals surface area contributed by atoms with E-state index in [1.165, 1.54) is 5.56 Å². The van der Waals surface area contributed by atoms with E-state index in [4.69, 9.17) is 4.74 Å². The van der Waals surface area contributed by atoms with E-state index >= 15 is 0 Å². The van der Waals surface area contributed by atoms with Crippen LogP contribution < -0.4 is 10.1 Å². The van der Waals surface area contributed by atoms with E-state index in [0.717, 1.165) is 43.1 Å². The van der Waals surface area contributed by atoms with Gasteiger partial charge < -0.3 is 15.0 Å². The molecule has 4 rings (SSSR count). The number of carbonyl (C=O) groups is 2. The van der Waals surface area contributed by atoms with Gasteiger partial charge in [0.2, 0.25) is 11.8 Å². The summed E-state index contributed by atoms with van der Waals surface area (Å²) < 4.78 is 7.83. The van der Waals surface area contributed by atoms with Gasteiger partial charge in [0, 0.05) is 19.5 Å². The number of para-hydroxylation sites is 1. The second-order valence-corrected chi connectivity index (χ2v) is 9.84. The predicted molar refractivity (Wildman–Crippen MR) is 129 cm³/mol. The number of likely N-dealkylation sites (tertiary alicyclic amines) is 1. The van der Waals surface area contributed by atoms with Crippen LogP contribution in [-0.4, -0.2) is 57.2 Å². The lowest BCUT2D eigenvalue weighted by Gasteiger charge is -2.41. The number of piperidine rings is 1. The summed E-state index contributed by atoms with van der Waals surface area (Å²) in [5.74, 6) is 2.70. The topological polar surface area (TPSA) is 89.4 Å². The van der Waals surface area contributed by atoms with E-state index in [1.54, 1.807) is 4.68 Å². The van der Waals surface area contributed by atoms with Crippen LogP contribution in [0.25, 0.3) is 0 Å². The summed E-state index contributed by atoms with van der Waals surface area (Å²) in [6, 6.07) is 8.11. The first-order valence-corrected chi connectivity index (χ1v) is 12.5. The molecule has 184 valence electrons.